The second-order valence-electron chi connectivity index (χ2n) is 5.82. The topological polar surface area (TPSA) is 99.4 Å². The van der Waals surface area contributed by atoms with Crippen LogP contribution < -0.4 is 0 Å². The van der Waals surface area contributed by atoms with E-state index in [-0.39, 0.29) is 28.8 Å². The number of carbonyl (C=O) groups excluding carboxylic acids is 1. The van der Waals surface area contributed by atoms with Gasteiger partial charge in [0, 0.05) is 11.8 Å². The Morgan fingerprint density at radius 3 is 2.67 bits per heavy atom. The normalized spacial score (nSPS) is 11.4. The average Bonchev–Trinajstić information content (AvgIpc) is 3.08. The SMILES string of the molecule is Cc1ccc(S(C)(=O)=O)cc1C(=O)OCc1nc(-c2ccccc2Cl)no1. The molecule has 3 aromatic rings. The van der Waals surface area contributed by atoms with E-state index in [2.05, 4.69) is 10.1 Å². The van der Waals surface area contributed by atoms with Crippen molar-refractivity contribution in [2.75, 3.05) is 6.26 Å². The largest absolute Gasteiger partial charge is 0.452 e. The Kier molecular flexibility index (Phi) is 5.29. The van der Waals surface area contributed by atoms with Crippen molar-refractivity contribution in [2.45, 2.75) is 18.4 Å². The van der Waals surface area contributed by atoms with Gasteiger partial charge in [0.25, 0.3) is 5.89 Å². The lowest BCUT2D eigenvalue weighted by molar-refractivity contribution is 0.0428. The van der Waals surface area contributed by atoms with Crippen molar-refractivity contribution in [3.8, 4) is 11.4 Å². The fourth-order valence-electron chi connectivity index (χ4n) is 2.32. The monoisotopic (exact) mass is 406 g/mol. The van der Waals surface area contributed by atoms with E-state index >= 15 is 0 Å². The lowest BCUT2D eigenvalue weighted by Crippen LogP contribution is -2.09. The number of ether oxygens (including phenoxy) is 1. The van der Waals surface area contributed by atoms with Crippen LogP contribution in [0.15, 0.2) is 51.9 Å². The fourth-order valence-corrected chi connectivity index (χ4v) is 3.19. The van der Waals surface area contributed by atoms with E-state index in [9.17, 15) is 13.2 Å². The molecule has 0 aliphatic carbocycles. The Morgan fingerprint density at radius 2 is 1.96 bits per heavy atom. The maximum atomic E-state index is 12.3. The molecular formula is C18H15ClN2O5S. The number of aryl methyl sites for hydroxylation is 1. The van der Waals surface area contributed by atoms with E-state index in [0.717, 1.165) is 6.26 Å². The number of hydrogen-bond donors (Lipinski definition) is 0. The van der Waals surface area contributed by atoms with Crippen molar-refractivity contribution in [3.63, 3.8) is 0 Å². The summed E-state index contributed by atoms with van der Waals surface area (Å²) in [6.07, 6.45) is 1.07. The molecule has 3 rings (SSSR count). The van der Waals surface area contributed by atoms with Crippen molar-refractivity contribution >= 4 is 27.4 Å². The first-order chi connectivity index (χ1) is 12.8. The third-order valence-corrected chi connectivity index (χ3v) is 5.21. The number of carbonyl (C=O) groups is 1. The highest BCUT2D eigenvalue weighted by atomic mass is 35.5. The van der Waals surface area contributed by atoms with Crippen LogP contribution in [-0.4, -0.2) is 30.8 Å². The van der Waals surface area contributed by atoms with Gasteiger partial charge in [-0.25, -0.2) is 13.2 Å². The summed E-state index contributed by atoms with van der Waals surface area (Å²) in [5.74, 6) is -0.312. The zero-order chi connectivity index (χ0) is 19.6. The maximum absolute atomic E-state index is 12.3. The van der Waals surface area contributed by atoms with E-state index in [1.165, 1.54) is 12.1 Å². The molecule has 0 aliphatic heterocycles. The molecule has 0 bridgehead atoms. The Bertz CT molecular complexity index is 1110. The highest BCUT2D eigenvalue weighted by Crippen LogP contribution is 2.25. The number of benzene rings is 2. The number of halogens is 1. The number of hydrogen-bond acceptors (Lipinski definition) is 7. The Balaban J connectivity index is 1.75. The quantitative estimate of drug-likeness (QED) is 0.598. The van der Waals surface area contributed by atoms with Crippen LogP contribution in [0.3, 0.4) is 0 Å². The van der Waals surface area contributed by atoms with Crippen molar-refractivity contribution in [1.82, 2.24) is 10.1 Å². The first kappa shape index (κ1) is 19.1. The highest BCUT2D eigenvalue weighted by Gasteiger charge is 2.17. The second-order valence-corrected chi connectivity index (χ2v) is 8.24. The summed E-state index contributed by atoms with van der Waals surface area (Å²) in [5.41, 5.74) is 1.34. The number of rotatable bonds is 5. The summed E-state index contributed by atoms with van der Waals surface area (Å²) in [7, 11) is -3.44. The lowest BCUT2D eigenvalue weighted by Gasteiger charge is -2.07. The minimum Gasteiger partial charge on any atom is -0.452 e. The maximum Gasteiger partial charge on any atom is 0.338 e. The van der Waals surface area contributed by atoms with Gasteiger partial charge in [0.1, 0.15) is 0 Å². The molecule has 140 valence electrons. The molecular weight excluding hydrogens is 392 g/mol. The average molecular weight is 407 g/mol. The molecule has 0 unspecified atom stereocenters. The van der Waals surface area contributed by atoms with Crippen LogP contribution in [0.5, 0.6) is 0 Å². The van der Waals surface area contributed by atoms with Crippen LogP contribution in [0, 0.1) is 6.92 Å². The first-order valence-electron chi connectivity index (χ1n) is 7.81. The molecule has 27 heavy (non-hydrogen) atoms. The molecule has 1 aromatic heterocycles. The van der Waals surface area contributed by atoms with Gasteiger partial charge in [-0.3, -0.25) is 0 Å². The summed E-state index contributed by atoms with van der Waals surface area (Å²) in [5, 5.41) is 4.29. The molecule has 0 atom stereocenters. The van der Waals surface area contributed by atoms with E-state index < -0.39 is 15.8 Å². The molecule has 0 radical (unpaired) electrons. The predicted molar refractivity (Wildman–Crippen MR) is 98.2 cm³/mol. The molecule has 7 nitrogen and oxygen atoms in total. The Morgan fingerprint density at radius 1 is 1.22 bits per heavy atom. The van der Waals surface area contributed by atoms with Gasteiger partial charge in [0.05, 0.1) is 15.5 Å². The van der Waals surface area contributed by atoms with Crippen molar-refractivity contribution in [2.24, 2.45) is 0 Å². The van der Waals surface area contributed by atoms with Crippen LogP contribution >= 0.6 is 11.6 Å². The Hall–Kier alpha value is -2.71. The smallest absolute Gasteiger partial charge is 0.338 e. The highest BCUT2D eigenvalue weighted by molar-refractivity contribution is 7.90. The van der Waals surface area contributed by atoms with E-state index in [4.69, 9.17) is 20.9 Å². The Labute approximate surface area is 160 Å². The van der Waals surface area contributed by atoms with E-state index in [0.29, 0.717) is 16.1 Å². The lowest BCUT2D eigenvalue weighted by atomic mass is 10.1. The molecule has 0 spiro atoms. The summed E-state index contributed by atoms with van der Waals surface area (Å²) >= 11 is 6.09. The molecule has 0 saturated carbocycles. The summed E-state index contributed by atoms with van der Waals surface area (Å²) in [4.78, 5) is 16.5. The fraction of sp³-hybridized carbons (Fsp3) is 0.167. The number of aromatic nitrogens is 2. The van der Waals surface area contributed by atoms with Gasteiger partial charge in [-0.15, -0.1) is 0 Å². The molecule has 1 heterocycles. The number of esters is 1. The second kappa shape index (κ2) is 7.50. The van der Waals surface area contributed by atoms with Crippen LogP contribution in [0.2, 0.25) is 5.02 Å². The third kappa shape index (κ3) is 4.35. The molecule has 0 amide bonds. The molecule has 0 aliphatic rings. The van der Waals surface area contributed by atoms with Crippen LogP contribution in [0.1, 0.15) is 21.8 Å². The third-order valence-electron chi connectivity index (χ3n) is 3.77. The molecule has 9 heteroatoms. The van der Waals surface area contributed by atoms with Crippen LogP contribution in [-0.2, 0) is 21.2 Å². The van der Waals surface area contributed by atoms with Crippen molar-refractivity contribution in [3.05, 3.63) is 64.5 Å². The van der Waals surface area contributed by atoms with Gasteiger partial charge in [-0.05, 0) is 36.8 Å². The zero-order valence-electron chi connectivity index (χ0n) is 14.5. The van der Waals surface area contributed by atoms with Gasteiger partial charge in [0.15, 0.2) is 16.4 Å². The van der Waals surface area contributed by atoms with Gasteiger partial charge in [-0.2, -0.15) is 4.98 Å². The van der Waals surface area contributed by atoms with Gasteiger partial charge in [-0.1, -0.05) is 35.0 Å². The van der Waals surface area contributed by atoms with Gasteiger partial charge < -0.3 is 9.26 Å². The standard InChI is InChI=1S/C18H15ClN2O5S/c1-11-7-8-12(27(2,23)24)9-14(11)18(22)25-10-16-20-17(21-26-16)13-5-3-4-6-15(13)19/h3-9H,10H2,1-2H3. The van der Waals surface area contributed by atoms with Crippen molar-refractivity contribution < 1.29 is 22.5 Å². The van der Waals surface area contributed by atoms with Gasteiger partial charge in [0.2, 0.25) is 5.82 Å². The summed E-state index contributed by atoms with van der Waals surface area (Å²) < 4.78 is 33.6. The molecule has 0 N–H and O–H groups in total. The van der Waals surface area contributed by atoms with E-state index in [1.807, 2.05) is 0 Å². The minimum atomic E-state index is -3.44. The predicted octanol–water partition coefficient (Wildman–Crippen LogP) is 3.46. The summed E-state index contributed by atoms with van der Waals surface area (Å²) in [6, 6.07) is 11.3. The molecule has 0 fully saturated rings. The van der Waals surface area contributed by atoms with E-state index in [1.54, 1.807) is 37.3 Å². The van der Waals surface area contributed by atoms with Gasteiger partial charge >= 0.3 is 5.97 Å². The number of sulfone groups is 1. The number of nitrogens with zero attached hydrogens (tertiary/aromatic N) is 2. The zero-order valence-corrected chi connectivity index (χ0v) is 16.0. The van der Waals surface area contributed by atoms with Crippen molar-refractivity contribution in [1.29, 1.82) is 0 Å². The van der Waals surface area contributed by atoms with Crippen LogP contribution in [0.4, 0.5) is 0 Å². The molecule has 0 saturated heterocycles. The molecule has 2 aromatic carbocycles. The van der Waals surface area contributed by atoms with Crippen LogP contribution in [0.25, 0.3) is 11.4 Å². The summed E-state index contributed by atoms with van der Waals surface area (Å²) in [6.45, 7) is 1.43. The minimum absolute atomic E-state index is 0.0406. The first-order valence-corrected chi connectivity index (χ1v) is 10.1.